The number of imidazole rings is 1. The van der Waals surface area contributed by atoms with Crippen molar-refractivity contribution in [2.75, 3.05) is 19.7 Å². The topological polar surface area (TPSA) is 64.4 Å². The van der Waals surface area contributed by atoms with Crippen LogP contribution in [0.25, 0.3) is 11.0 Å². The van der Waals surface area contributed by atoms with Crippen LogP contribution < -0.4 is 0 Å². The maximum absolute atomic E-state index is 13.8. The van der Waals surface area contributed by atoms with Gasteiger partial charge in [0.15, 0.2) is 5.16 Å². The van der Waals surface area contributed by atoms with Gasteiger partial charge < -0.3 is 9.30 Å². The lowest BCUT2D eigenvalue weighted by molar-refractivity contribution is 0.0960. The third-order valence-corrected chi connectivity index (χ3v) is 9.91. The van der Waals surface area contributed by atoms with Crippen LogP contribution in [0.15, 0.2) is 46.5 Å². The molecule has 2 aliphatic heterocycles. The summed E-state index contributed by atoms with van der Waals surface area (Å²) in [5.41, 5.74) is 3.51. The van der Waals surface area contributed by atoms with Gasteiger partial charge in [-0.05, 0) is 80.0 Å². The number of halogens is 1. The lowest BCUT2D eigenvalue weighted by atomic mass is 10.0. The molecule has 1 aromatic heterocycles. The first-order chi connectivity index (χ1) is 16.8. The zero-order valence-corrected chi connectivity index (χ0v) is 21.9. The number of nitrogens with zero attached hydrogens (tertiary/aromatic N) is 3. The molecule has 2 saturated heterocycles. The predicted octanol–water partition coefficient (Wildman–Crippen LogP) is 5.38. The first-order valence-corrected chi connectivity index (χ1v) is 14.7. The van der Waals surface area contributed by atoms with Gasteiger partial charge in [0.05, 0.1) is 28.6 Å². The van der Waals surface area contributed by atoms with Gasteiger partial charge in [0.25, 0.3) is 0 Å². The Hall–Kier alpha value is -1.94. The highest BCUT2D eigenvalue weighted by molar-refractivity contribution is 7.98. The number of fused-ring (bicyclic) bond motifs is 1. The van der Waals surface area contributed by atoms with Crippen LogP contribution in [0.3, 0.4) is 0 Å². The summed E-state index contributed by atoms with van der Waals surface area (Å²) in [4.78, 5) is 5.14. The van der Waals surface area contributed by atoms with Crippen molar-refractivity contribution in [3.8, 4) is 0 Å². The number of rotatable bonds is 7. The molecule has 2 atom stereocenters. The van der Waals surface area contributed by atoms with E-state index in [0.717, 1.165) is 54.1 Å². The molecule has 0 amide bonds. The van der Waals surface area contributed by atoms with Gasteiger partial charge in [-0.2, -0.15) is 4.31 Å². The highest BCUT2D eigenvalue weighted by atomic mass is 32.2. The van der Waals surface area contributed by atoms with Gasteiger partial charge >= 0.3 is 0 Å². The van der Waals surface area contributed by atoms with E-state index in [1.165, 1.54) is 6.07 Å². The predicted molar refractivity (Wildman–Crippen MR) is 137 cm³/mol. The van der Waals surface area contributed by atoms with E-state index in [9.17, 15) is 12.8 Å². The van der Waals surface area contributed by atoms with Crippen molar-refractivity contribution in [3.63, 3.8) is 0 Å². The lowest BCUT2D eigenvalue weighted by Crippen LogP contribution is -2.39. The minimum Gasteiger partial charge on any atom is -0.376 e. The highest BCUT2D eigenvalue weighted by Gasteiger charge is 2.29. The van der Waals surface area contributed by atoms with E-state index < -0.39 is 10.0 Å². The summed E-state index contributed by atoms with van der Waals surface area (Å²) in [7, 11) is -3.57. The summed E-state index contributed by atoms with van der Waals surface area (Å²) in [6.07, 6.45) is 4.09. The Balaban J connectivity index is 1.48. The van der Waals surface area contributed by atoms with Crippen LogP contribution in [0.2, 0.25) is 0 Å². The first-order valence-electron chi connectivity index (χ1n) is 12.3. The van der Waals surface area contributed by atoms with Crippen molar-refractivity contribution in [1.82, 2.24) is 13.9 Å². The number of piperidine rings is 1. The molecule has 0 aliphatic carbocycles. The zero-order chi connectivity index (χ0) is 24.6. The number of hydrogen-bond donors (Lipinski definition) is 0. The van der Waals surface area contributed by atoms with Gasteiger partial charge in [0.2, 0.25) is 10.0 Å². The summed E-state index contributed by atoms with van der Waals surface area (Å²) < 4.78 is 50.2. The maximum Gasteiger partial charge on any atom is 0.243 e. The van der Waals surface area contributed by atoms with Crippen LogP contribution in [-0.2, 0) is 27.1 Å². The Morgan fingerprint density at radius 3 is 2.80 bits per heavy atom. The van der Waals surface area contributed by atoms with E-state index in [2.05, 4.69) is 11.5 Å². The fourth-order valence-electron chi connectivity index (χ4n) is 4.98. The van der Waals surface area contributed by atoms with E-state index in [0.29, 0.717) is 41.7 Å². The van der Waals surface area contributed by atoms with Crippen molar-refractivity contribution in [3.05, 3.63) is 53.3 Å². The number of ether oxygens (including phenoxy) is 1. The van der Waals surface area contributed by atoms with Gasteiger partial charge in [-0.25, -0.2) is 17.8 Å². The van der Waals surface area contributed by atoms with Gasteiger partial charge in [0.1, 0.15) is 5.82 Å². The van der Waals surface area contributed by atoms with Gasteiger partial charge in [-0.3, -0.25) is 0 Å². The fraction of sp³-hybridized carbons (Fsp3) is 0.500. The SMILES string of the molecule is Cc1ccc(F)cc1CSc1nc2cc(S(=O)(=O)N3CCC[C@@H](C)C3)ccc2n1C[C@H]1CCCO1. The number of aromatic nitrogens is 2. The van der Waals surface area contributed by atoms with Crippen LogP contribution >= 0.6 is 11.8 Å². The molecule has 188 valence electrons. The smallest absolute Gasteiger partial charge is 0.243 e. The lowest BCUT2D eigenvalue weighted by Gasteiger charge is -2.30. The summed E-state index contributed by atoms with van der Waals surface area (Å²) in [6.45, 7) is 6.62. The molecule has 3 heterocycles. The van der Waals surface area contributed by atoms with Gasteiger partial charge in [-0.15, -0.1) is 0 Å². The molecule has 2 aromatic carbocycles. The molecule has 0 N–H and O–H groups in total. The molecule has 0 spiro atoms. The van der Waals surface area contributed by atoms with Crippen LogP contribution in [0, 0.1) is 18.7 Å². The third-order valence-electron chi connectivity index (χ3n) is 7.02. The van der Waals surface area contributed by atoms with E-state index in [-0.39, 0.29) is 11.9 Å². The van der Waals surface area contributed by atoms with Crippen molar-refractivity contribution in [2.24, 2.45) is 5.92 Å². The molecular formula is C26H32FN3O3S2. The second kappa shape index (κ2) is 10.2. The average molecular weight is 518 g/mol. The monoisotopic (exact) mass is 517 g/mol. The molecule has 0 unspecified atom stereocenters. The molecule has 3 aromatic rings. The Kier molecular flexibility index (Phi) is 7.21. The second-order valence-corrected chi connectivity index (χ2v) is 12.6. The molecule has 9 heteroatoms. The normalized spacial score (nSPS) is 21.7. The van der Waals surface area contributed by atoms with Crippen LogP contribution in [0.1, 0.15) is 43.7 Å². The van der Waals surface area contributed by atoms with Gasteiger partial charge in [-0.1, -0.05) is 24.8 Å². The standard InChI is InChI=1S/C26H32FN3O3S2/c1-18-5-3-11-29(15-18)35(31,32)23-9-10-25-24(14-23)28-26(30(25)16-22-6-4-12-33-22)34-17-20-13-21(27)8-7-19(20)2/h7-10,13-14,18,22H,3-6,11-12,15-17H2,1-2H3/t18-,22-/m1/s1. The molecule has 35 heavy (non-hydrogen) atoms. The fourth-order valence-corrected chi connectivity index (χ4v) is 7.68. The summed E-state index contributed by atoms with van der Waals surface area (Å²) in [5.74, 6) is 0.693. The van der Waals surface area contributed by atoms with Crippen LogP contribution in [0.4, 0.5) is 4.39 Å². The second-order valence-electron chi connectivity index (χ2n) is 9.76. The molecule has 2 fully saturated rings. The molecule has 0 radical (unpaired) electrons. The molecular weight excluding hydrogens is 485 g/mol. The highest BCUT2D eigenvalue weighted by Crippen LogP contribution is 2.32. The summed E-state index contributed by atoms with van der Waals surface area (Å²) in [5, 5.41) is 0.792. The van der Waals surface area contributed by atoms with Crippen LogP contribution in [0.5, 0.6) is 0 Å². The molecule has 6 nitrogen and oxygen atoms in total. The minimum atomic E-state index is -3.57. The number of sulfonamides is 1. The minimum absolute atomic E-state index is 0.112. The Labute approximate surface area is 210 Å². The largest absolute Gasteiger partial charge is 0.376 e. The van der Waals surface area contributed by atoms with Crippen molar-refractivity contribution in [2.45, 2.75) is 68.0 Å². The summed E-state index contributed by atoms with van der Waals surface area (Å²) in [6, 6.07) is 10.1. The van der Waals surface area contributed by atoms with E-state index in [4.69, 9.17) is 9.72 Å². The maximum atomic E-state index is 13.8. The Morgan fingerprint density at radius 2 is 2.03 bits per heavy atom. The number of aryl methyl sites for hydroxylation is 1. The van der Waals surface area contributed by atoms with E-state index in [1.54, 1.807) is 40.3 Å². The zero-order valence-electron chi connectivity index (χ0n) is 20.2. The molecule has 2 aliphatic rings. The Bertz CT molecular complexity index is 1320. The third kappa shape index (κ3) is 5.28. The quantitative estimate of drug-likeness (QED) is 0.394. The number of benzene rings is 2. The Morgan fingerprint density at radius 1 is 1.17 bits per heavy atom. The van der Waals surface area contributed by atoms with Crippen molar-refractivity contribution < 1.29 is 17.5 Å². The molecule has 5 rings (SSSR count). The first kappa shape index (κ1) is 24.7. The van der Waals surface area contributed by atoms with Crippen molar-refractivity contribution >= 4 is 32.8 Å². The average Bonchev–Trinajstić information content (AvgIpc) is 3.47. The molecule has 0 saturated carbocycles. The van der Waals surface area contributed by atoms with Crippen molar-refractivity contribution in [1.29, 1.82) is 0 Å². The van der Waals surface area contributed by atoms with Crippen LogP contribution in [-0.4, -0.2) is 48.1 Å². The molecule has 0 bridgehead atoms. The van der Waals surface area contributed by atoms with E-state index in [1.807, 2.05) is 13.0 Å². The van der Waals surface area contributed by atoms with Gasteiger partial charge in [0, 0.05) is 25.4 Å². The number of hydrogen-bond acceptors (Lipinski definition) is 5. The van der Waals surface area contributed by atoms with E-state index >= 15 is 0 Å². The number of thioether (sulfide) groups is 1. The summed E-state index contributed by atoms with van der Waals surface area (Å²) >= 11 is 1.54.